The van der Waals surface area contributed by atoms with Gasteiger partial charge in [0.25, 0.3) is 0 Å². The highest BCUT2D eigenvalue weighted by Crippen LogP contribution is 2.30. The van der Waals surface area contributed by atoms with Gasteiger partial charge < -0.3 is 11.1 Å². The van der Waals surface area contributed by atoms with Gasteiger partial charge in [-0.15, -0.1) is 0 Å². The van der Waals surface area contributed by atoms with Gasteiger partial charge in [-0.3, -0.25) is 4.79 Å². The number of nitrogens with two attached hydrogens (primary N) is 1. The van der Waals surface area contributed by atoms with E-state index < -0.39 is 0 Å². The Morgan fingerprint density at radius 1 is 1.44 bits per heavy atom. The second kappa shape index (κ2) is 6.55. The number of hydrogen-bond acceptors (Lipinski definition) is 2. The molecule has 0 aliphatic heterocycles. The number of carbonyl (C=O) groups excluding carboxylic acids is 1. The van der Waals surface area contributed by atoms with Crippen molar-refractivity contribution in [1.82, 2.24) is 5.32 Å². The van der Waals surface area contributed by atoms with Gasteiger partial charge in [-0.25, -0.2) is 0 Å². The van der Waals surface area contributed by atoms with Gasteiger partial charge in [0, 0.05) is 17.5 Å². The minimum Gasteiger partial charge on any atom is -0.351 e. The lowest BCUT2D eigenvalue weighted by Crippen LogP contribution is -2.47. The van der Waals surface area contributed by atoms with Crippen LogP contribution >= 0.6 is 0 Å². The third-order valence-corrected chi connectivity index (χ3v) is 4.21. The molecule has 0 aromatic carbocycles. The van der Waals surface area contributed by atoms with E-state index in [1.165, 1.54) is 6.42 Å². The zero-order valence-corrected chi connectivity index (χ0v) is 12.5. The van der Waals surface area contributed by atoms with Crippen LogP contribution in [-0.4, -0.2) is 17.5 Å². The Labute approximate surface area is 112 Å². The zero-order valence-electron chi connectivity index (χ0n) is 12.5. The van der Waals surface area contributed by atoms with Crippen LogP contribution in [0.2, 0.25) is 0 Å². The molecule has 1 fully saturated rings. The topological polar surface area (TPSA) is 55.1 Å². The Balaban J connectivity index is 2.50. The first-order valence-electron chi connectivity index (χ1n) is 7.43. The second-order valence-electron chi connectivity index (χ2n) is 6.60. The van der Waals surface area contributed by atoms with Gasteiger partial charge in [-0.2, -0.15) is 0 Å². The Kier molecular flexibility index (Phi) is 5.64. The molecule has 3 unspecified atom stereocenters. The average molecular weight is 254 g/mol. The SMILES string of the molecule is CCCC(C)(C)NC(=O)C(C)C1CCCC(N)C1. The van der Waals surface area contributed by atoms with Crippen molar-refractivity contribution in [3.63, 3.8) is 0 Å². The maximum Gasteiger partial charge on any atom is 0.223 e. The average Bonchev–Trinajstić information content (AvgIpc) is 2.27. The van der Waals surface area contributed by atoms with Gasteiger partial charge in [0.05, 0.1) is 0 Å². The Morgan fingerprint density at radius 3 is 2.67 bits per heavy atom. The molecule has 106 valence electrons. The summed E-state index contributed by atoms with van der Waals surface area (Å²) in [6.45, 7) is 8.42. The normalized spacial score (nSPS) is 26.7. The summed E-state index contributed by atoms with van der Waals surface area (Å²) in [5.41, 5.74) is 5.92. The van der Waals surface area contributed by atoms with Gasteiger partial charge in [0.15, 0.2) is 0 Å². The van der Waals surface area contributed by atoms with Crippen LogP contribution in [0.15, 0.2) is 0 Å². The molecule has 0 aromatic rings. The molecule has 0 bridgehead atoms. The number of rotatable bonds is 5. The van der Waals surface area contributed by atoms with E-state index in [2.05, 4.69) is 33.0 Å². The molecule has 0 radical (unpaired) electrons. The van der Waals surface area contributed by atoms with E-state index in [4.69, 9.17) is 5.73 Å². The minimum absolute atomic E-state index is 0.0864. The quantitative estimate of drug-likeness (QED) is 0.792. The van der Waals surface area contributed by atoms with Crippen LogP contribution in [0.1, 0.15) is 66.2 Å². The van der Waals surface area contributed by atoms with Crippen molar-refractivity contribution in [2.45, 2.75) is 77.8 Å². The molecule has 1 amide bonds. The fraction of sp³-hybridized carbons (Fsp3) is 0.933. The summed E-state index contributed by atoms with van der Waals surface area (Å²) in [6, 6.07) is 0.294. The molecule has 3 atom stereocenters. The van der Waals surface area contributed by atoms with E-state index in [-0.39, 0.29) is 17.4 Å². The molecule has 1 aliphatic rings. The van der Waals surface area contributed by atoms with Crippen LogP contribution in [-0.2, 0) is 4.79 Å². The van der Waals surface area contributed by atoms with E-state index in [0.717, 1.165) is 32.1 Å². The van der Waals surface area contributed by atoms with E-state index in [1.807, 2.05) is 0 Å². The first kappa shape index (κ1) is 15.5. The predicted molar refractivity (Wildman–Crippen MR) is 76.2 cm³/mol. The number of carbonyl (C=O) groups is 1. The van der Waals surface area contributed by atoms with Gasteiger partial charge in [0.2, 0.25) is 5.91 Å². The lowest BCUT2D eigenvalue weighted by molar-refractivity contribution is -0.128. The van der Waals surface area contributed by atoms with Gasteiger partial charge in [-0.1, -0.05) is 26.7 Å². The van der Waals surface area contributed by atoms with Crippen molar-refractivity contribution >= 4 is 5.91 Å². The number of nitrogens with one attached hydrogen (secondary N) is 1. The molecule has 3 N–H and O–H groups in total. The lowest BCUT2D eigenvalue weighted by atomic mass is 9.78. The summed E-state index contributed by atoms with van der Waals surface area (Å²) in [4.78, 5) is 12.3. The Hall–Kier alpha value is -0.570. The molecule has 0 spiro atoms. The van der Waals surface area contributed by atoms with Crippen LogP contribution in [0.25, 0.3) is 0 Å². The van der Waals surface area contributed by atoms with Gasteiger partial charge >= 0.3 is 0 Å². The van der Waals surface area contributed by atoms with E-state index >= 15 is 0 Å². The van der Waals surface area contributed by atoms with Crippen molar-refractivity contribution in [3.8, 4) is 0 Å². The Bertz CT molecular complexity index is 276. The maximum atomic E-state index is 12.3. The number of amides is 1. The van der Waals surface area contributed by atoms with E-state index in [0.29, 0.717) is 12.0 Å². The van der Waals surface area contributed by atoms with Crippen molar-refractivity contribution in [2.75, 3.05) is 0 Å². The van der Waals surface area contributed by atoms with Crippen LogP contribution < -0.4 is 11.1 Å². The summed E-state index contributed by atoms with van der Waals surface area (Å²) >= 11 is 0. The second-order valence-corrected chi connectivity index (χ2v) is 6.60. The molecule has 18 heavy (non-hydrogen) atoms. The molecule has 0 heterocycles. The highest BCUT2D eigenvalue weighted by Gasteiger charge is 2.30. The molecule has 1 rings (SSSR count). The van der Waals surface area contributed by atoms with Crippen molar-refractivity contribution in [2.24, 2.45) is 17.6 Å². The monoisotopic (exact) mass is 254 g/mol. The van der Waals surface area contributed by atoms with Crippen LogP contribution in [0.3, 0.4) is 0 Å². The highest BCUT2D eigenvalue weighted by molar-refractivity contribution is 5.79. The summed E-state index contributed by atoms with van der Waals surface area (Å²) in [5.74, 6) is 0.756. The third kappa shape index (κ3) is 4.60. The van der Waals surface area contributed by atoms with Crippen LogP contribution in [0, 0.1) is 11.8 Å². The summed E-state index contributed by atoms with van der Waals surface area (Å²) < 4.78 is 0. The number of hydrogen-bond donors (Lipinski definition) is 2. The molecule has 0 aromatic heterocycles. The first-order chi connectivity index (χ1) is 8.35. The van der Waals surface area contributed by atoms with Crippen molar-refractivity contribution < 1.29 is 4.79 Å². The maximum absolute atomic E-state index is 12.3. The Morgan fingerprint density at radius 2 is 2.11 bits per heavy atom. The van der Waals surface area contributed by atoms with Gasteiger partial charge in [-0.05, 0) is 45.4 Å². The van der Waals surface area contributed by atoms with Crippen molar-refractivity contribution in [3.05, 3.63) is 0 Å². The fourth-order valence-electron chi connectivity index (χ4n) is 3.07. The summed E-state index contributed by atoms with van der Waals surface area (Å²) in [5, 5.41) is 3.19. The molecular weight excluding hydrogens is 224 g/mol. The van der Waals surface area contributed by atoms with E-state index in [9.17, 15) is 4.79 Å². The van der Waals surface area contributed by atoms with Crippen molar-refractivity contribution in [1.29, 1.82) is 0 Å². The minimum atomic E-state index is -0.0864. The van der Waals surface area contributed by atoms with Crippen LogP contribution in [0.5, 0.6) is 0 Å². The molecule has 3 heteroatoms. The molecule has 0 saturated heterocycles. The third-order valence-electron chi connectivity index (χ3n) is 4.21. The van der Waals surface area contributed by atoms with E-state index in [1.54, 1.807) is 0 Å². The largest absolute Gasteiger partial charge is 0.351 e. The fourth-order valence-corrected chi connectivity index (χ4v) is 3.07. The van der Waals surface area contributed by atoms with Gasteiger partial charge in [0.1, 0.15) is 0 Å². The highest BCUT2D eigenvalue weighted by atomic mass is 16.2. The van der Waals surface area contributed by atoms with Crippen LogP contribution in [0.4, 0.5) is 0 Å². The summed E-state index contributed by atoms with van der Waals surface area (Å²) in [6.07, 6.45) is 6.55. The first-order valence-corrected chi connectivity index (χ1v) is 7.43. The lowest BCUT2D eigenvalue weighted by Gasteiger charge is -2.33. The molecular formula is C15H30N2O. The molecule has 3 nitrogen and oxygen atoms in total. The smallest absolute Gasteiger partial charge is 0.223 e. The molecule has 1 aliphatic carbocycles. The predicted octanol–water partition coefficient (Wildman–Crippen LogP) is 2.83. The summed E-state index contributed by atoms with van der Waals surface area (Å²) in [7, 11) is 0. The standard InChI is InChI=1S/C15H30N2O/c1-5-9-15(3,4)17-14(18)11(2)12-7-6-8-13(16)10-12/h11-13H,5-10,16H2,1-4H3,(H,17,18). The molecule has 1 saturated carbocycles. The zero-order chi connectivity index (χ0) is 13.8.